The second kappa shape index (κ2) is 21.5. The van der Waals surface area contributed by atoms with Crippen molar-refractivity contribution in [2.75, 3.05) is 18.5 Å². The van der Waals surface area contributed by atoms with Crippen molar-refractivity contribution >= 4 is 51.9 Å². The summed E-state index contributed by atoms with van der Waals surface area (Å²) in [4.78, 5) is 72.6. The molecule has 61 heavy (non-hydrogen) atoms. The van der Waals surface area contributed by atoms with Crippen molar-refractivity contribution in [1.29, 1.82) is 0 Å². The Morgan fingerprint density at radius 1 is 0.902 bits per heavy atom. The van der Waals surface area contributed by atoms with Gasteiger partial charge in [-0.1, -0.05) is 62.4 Å². The molecule has 4 aromatic rings. The summed E-state index contributed by atoms with van der Waals surface area (Å²) in [5.74, 6) is -2.48. The van der Waals surface area contributed by atoms with E-state index in [-0.39, 0.29) is 85.1 Å². The quantitative estimate of drug-likeness (QED) is 0.0169. The van der Waals surface area contributed by atoms with Crippen LogP contribution >= 0.6 is 0 Å². The molecule has 1 unspecified atom stereocenters. The number of anilines is 1. The molecule has 0 saturated carbocycles. The Morgan fingerprint density at radius 3 is 2.08 bits per heavy atom. The number of carbonyl (C=O) groups excluding carboxylic acids is 5. The third-order valence-corrected chi connectivity index (χ3v) is 10.3. The van der Waals surface area contributed by atoms with E-state index >= 15 is 0 Å². The predicted octanol–water partition coefficient (Wildman–Crippen LogP) is 1.19. The van der Waals surface area contributed by atoms with Crippen LogP contribution in [0.3, 0.4) is 0 Å². The molecule has 0 heterocycles. The summed E-state index contributed by atoms with van der Waals surface area (Å²) in [6.45, 7) is 3.26. The fraction of sp³-hybridized carbons (Fsp3) is 0.275. The molecule has 5 rings (SSSR count). The monoisotopic (exact) mass is 868 g/mol. The largest absolute Gasteiger partial charge is 1.00 e. The molecule has 4 aromatic carbocycles. The normalized spacial score (nSPS) is 13.2. The number of primary amides is 1. The average molecular weight is 869 g/mol. The van der Waals surface area contributed by atoms with Gasteiger partial charge in [0.1, 0.15) is 34.6 Å². The first-order valence-corrected chi connectivity index (χ1v) is 19.8. The molecule has 0 fully saturated rings. The van der Waals surface area contributed by atoms with Gasteiger partial charge >= 0.3 is 41.7 Å². The third-order valence-electron chi connectivity index (χ3n) is 9.44. The number of fused-ring (bicyclic) bond motifs is 3. The van der Waals surface area contributed by atoms with E-state index in [1.807, 2.05) is 48.5 Å². The standard InChI is InChI=1S/C40H42N6O13S.Na/c1-23(2)35(45-40(51)57-21-32-29-10-5-3-8-27(29)28-9-4-6-11-30(28)32)37(49)44-33(12-7-19-42-39(41)50)36(48)43-24-13-18-31(34(20-24)60(54,55)56)38(58-22-47)59-26-16-14-25(15-17-26)46(52)53;/h3-6,8-11,13-18,20,22-23,32-33,35,38H,7,12,19,21H2,1-2H3,(H,43,48)(H,44,49)(H,45,51)(H3,41,42,50)(H,54,55,56);/q;+1/p-1/t33-,35-,38?;/m0./s1. The molecule has 316 valence electrons. The number of amides is 5. The van der Waals surface area contributed by atoms with Crippen molar-refractivity contribution in [2.24, 2.45) is 11.7 Å². The molecule has 3 atom stereocenters. The van der Waals surface area contributed by atoms with Crippen molar-refractivity contribution in [2.45, 2.75) is 55.9 Å². The molecule has 0 bridgehead atoms. The van der Waals surface area contributed by atoms with Crippen LogP contribution in [0.5, 0.6) is 5.75 Å². The van der Waals surface area contributed by atoms with E-state index in [0.717, 1.165) is 58.7 Å². The van der Waals surface area contributed by atoms with Crippen LogP contribution < -0.4 is 61.3 Å². The number of urea groups is 1. The van der Waals surface area contributed by atoms with E-state index in [9.17, 15) is 47.1 Å². The maximum Gasteiger partial charge on any atom is 1.00 e. The Hall–Kier alpha value is -6.06. The Bertz CT molecular complexity index is 2320. The number of non-ortho nitro benzene ring substituents is 1. The molecule has 0 saturated heterocycles. The second-order valence-electron chi connectivity index (χ2n) is 13.8. The number of hydrogen-bond acceptors (Lipinski definition) is 13. The Labute approximate surface area is 372 Å². The Balaban J connectivity index is 0.00000819. The summed E-state index contributed by atoms with van der Waals surface area (Å²) < 4.78 is 53.4. The zero-order chi connectivity index (χ0) is 43.6. The van der Waals surface area contributed by atoms with Gasteiger partial charge in [-0.05, 0) is 71.3 Å². The number of rotatable bonds is 19. The molecule has 6 N–H and O–H groups in total. The van der Waals surface area contributed by atoms with E-state index in [2.05, 4.69) is 21.3 Å². The second-order valence-corrected chi connectivity index (χ2v) is 15.2. The SMILES string of the molecule is CC(C)[C@H](NC(=O)OCC1c2ccccc2-c2ccccc21)C(=O)N[C@@H](CCCNC(N)=O)C(=O)Nc1ccc(C(OC=O)Oc2ccc([N+](=O)[O-])cc2)c(S(=O)(=O)[O-])c1.[Na+]. The van der Waals surface area contributed by atoms with Crippen LogP contribution in [-0.2, 0) is 34.0 Å². The first-order chi connectivity index (χ1) is 28.6. The van der Waals surface area contributed by atoms with Gasteiger partial charge in [0.25, 0.3) is 18.4 Å². The molecular formula is C40H41N6NaO13S. The minimum atomic E-state index is -5.34. The van der Waals surface area contributed by atoms with Gasteiger partial charge in [0.2, 0.25) is 11.8 Å². The number of nitrogens with two attached hydrogens (primary N) is 1. The van der Waals surface area contributed by atoms with E-state index < -0.39 is 73.7 Å². The number of nitrogens with one attached hydrogen (secondary N) is 4. The zero-order valence-corrected chi connectivity index (χ0v) is 36.0. The van der Waals surface area contributed by atoms with E-state index in [1.165, 1.54) is 6.07 Å². The maximum atomic E-state index is 13.7. The fourth-order valence-electron chi connectivity index (χ4n) is 6.59. The van der Waals surface area contributed by atoms with Crippen LogP contribution in [0.2, 0.25) is 0 Å². The van der Waals surface area contributed by atoms with E-state index in [0.29, 0.717) is 0 Å². The Morgan fingerprint density at radius 2 is 1.52 bits per heavy atom. The number of alkyl carbamates (subject to hydrolysis) is 1. The number of nitro benzene ring substituents is 1. The van der Waals surface area contributed by atoms with Crippen molar-refractivity contribution in [1.82, 2.24) is 16.0 Å². The van der Waals surface area contributed by atoms with Crippen molar-refractivity contribution in [3.8, 4) is 16.9 Å². The molecule has 0 aromatic heterocycles. The van der Waals surface area contributed by atoms with Crippen molar-refractivity contribution in [3.05, 3.63) is 118 Å². The average Bonchev–Trinajstić information content (AvgIpc) is 3.53. The summed E-state index contributed by atoms with van der Waals surface area (Å²) in [6, 6.07) is 19.7. The molecular weight excluding hydrogens is 828 g/mol. The summed E-state index contributed by atoms with van der Waals surface area (Å²) in [6.07, 6.45) is -2.67. The van der Waals surface area contributed by atoms with Crippen LogP contribution in [0.1, 0.15) is 55.6 Å². The zero-order valence-electron chi connectivity index (χ0n) is 33.2. The summed E-state index contributed by atoms with van der Waals surface area (Å²) >= 11 is 0. The van der Waals surface area contributed by atoms with E-state index in [4.69, 9.17) is 19.9 Å². The van der Waals surface area contributed by atoms with Gasteiger partial charge in [-0.3, -0.25) is 24.5 Å². The molecule has 0 aliphatic heterocycles. The predicted molar refractivity (Wildman–Crippen MR) is 212 cm³/mol. The molecule has 0 radical (unpaired) electrons. The van der Waals surface area contributed by atoms with Crippen molar-refractivity contribution < 1.29 is 85.6 Å². The molecule has 21 heteroatoms. The minimum absolute atomic E-state index is 0. The molecule has 1 aliphatic carbocycles. The molecule has 0 spiro atoms. The van der Waals surface area contributed by atoms with Crippen molar-refractivity contribution in [3.63, 3.8) is 0 Å². The van der Waals surface area contributed by atoms with E-state index in [1.54, 1.807) is 13.8 Å². The molecule has 1 aliphatic rings. The van der Waals surface area contributed by atoms with Gasteiger partial charge in [0.15, 0.2) is 0 Å². The van der Waals surface area contributed by atoms with Gasteiger partial charge in [-0.25, -0.2) is 18.0 Å². The first kappa shape index (κ1) is 47.6. The number of ether oxygens (including phenoxy) is 3. The summed E-state index contributed by atoms with van der Waals surface area (Å²) in [5.41, 5.74) is 8.23. The first-order valence-electron chi connectivity index (χ1n) is 18.4. The van der Waals surface area contributed by atoms with Gasteiger partial charge in [0, 0.05) is 30.3 Å². The van der Waals surface area contributed by atoms with Gasteiger partial charge in [0.05, 0.1) is 15.4 Å². The van der Waals surface area contributed by atoms with Crippen LogP contribution in [0.15, 0.2) is 95.9 Å². The smallest absolute Gasteiger partial charge is 0.744 e. The van der Waals surface area contributed by atoms with Crippen LogP contribution in [-0.4, -0.2) is 73.5 Å². The van der Waals surface area contributed by atoms with Crippen LogP contribution in [0, 0.1) is 16.0 Å². The van der Waals surface area contributed by atoms with Crippen LogP contribution in [0.25, 0.3) is 11.1 Å². The number of nitro groups is 1. The summed E-state index contributed by atoms with van der Waals surface area (Å²) in [7, 11) is -5.34. The fourth-order valence-corrected chi connectivity index (χ4v) is 7.31. The number of carbonyl (C=O) groups is 5. The minimum Gasteiger partial charge on any atom is -0.744 e. The number of benzene rings is 4. The number of hydrogen-bond donors (Lipinski definition) is 5. The molecule has 19 nitrogen and oxygen atoms in total. The van der Waals surface area contributed by atoms with Gasteiger partial charge in [-0.15, -0.1) is 0 Å². The van der Waals surface area contributed by atoms with Gasteiger partial charge < -0.3 is 45.8 Å². The number of nitrogens with zero attached hydrogens (tertiary/aromatic N) is 1. The topological polar surface area (TPSA) is 288 Å². The van der Waals surface area contributed by atoms with Crippen LogP contribution in [0.4, 0.5) is 21.0 Å². The maximum absolute atomic E-state index is 13.7. The third kappa shape index (κ3) is 12.5. The Kier molecular flexibility index (Phi) is 16.7. The summed E-state index contributed by atoms with van der Waals surface area (Å²) in [5, 5.41) is 21.0. The molecule has 5 amide bonds. The van der Waals surface area contributed by atoms with Gasteiger partial charge in [-0.2, -0.15) is 0 Å².